The van der Waals surface area contributed by atoms with Crippen LogP contribution in [0.5, 0.6) is 5.88 Å². The fraction of sp³-hybridized carbons (Fsp3) is 0.545. The minimum atomic E-state index is -0.247. The molecule has 6 nitrogen and oxygen atoms in total. The third-order valence-electron chi connectivity index (χ3n) is 2.38. The second kappa shape index (κ2) is 6.88. The molecule has 0 bridgehead atoms. The minimum Gasteiger partial charge on any atom is -0.475 e. The Kier molecular flexibility index (Phi) is 5.78. The Morgan fingerprint density at radius 3 is 2.89 bits per heavy atom. The van der Waals surface area contributed by atoms with Gasteiger partial charge in [-0.05, 0) is 19.8 Å². The van der Waals surface area contributed by atoms with Crippen molar-refractivity contribution < 1.29 is 9.53 Å². The van der Waals surface area contributed by atoms with Gasteiger partial charge in [-0.1, -0.05) is 11.6 Å². The van der Waals surface area contributed by atoms with Crippen molar-refractivity contribution in [3.8, 4) is 5.88 Å². The maximum atomic E-state index is 11.9. The van der Waals surface area contributed by atoms with Crippen LogP contribution in [-0.2, 0) is 0 Å². The first-order valence-electron chi connectivity index (χ1n) is 5.78. The molecule has 0 unspecified atom stereocenters. The number of halogens is 2. The van der Waals surface area contributed by atoms with Crippen LogP contribution in [0.15, 0.2) is 6.07 Å². The standard InChI is InChI=1S/C11H15ClN4O2.ClH/c1-6(13)5-18-9-4-8(10(12)16-15-9)11(17)14-7-2-3-7;/h4,6-7H,2-3,5,13H2,1H3,(H,14,17);1H/t6-;/m0./s1. The van der Waals surface area contributed by atoms with Gasteiger partial charge in [-0.3, -0.25) is 4.79 Å². The lowest BCUT2D eigenvalue weighted by molar-refractivity contribution is 0.0950. The number of nitrogens with two attached hydrogens (primary N) is 1. The lowest BCUT2D eigenvalue weighted by Crippen LogP contribution is -2.27. The Balaban J connectivity index is 0.00000180. The first-order valence-corrected chi connectivity index (χ1v) is 6.16. The average molecular weight is 307 g/mol. The number of nitrogens with one attached hydrogen (secondary N) is 1. The van der Waals surface area contributed by atoms with Crippen LogP contribution in [0.2, 0.25) is 5.15 Å². The van der Waals surface area contributed by atoms with Crippen LogP contribution >= 0.6 is 24.0 Å². The number of carbonyl (C=O) groups excluding carboxylic acids is 1. The summed E-state index contributed by atoms with van der Waals surface area (Å²) in [5.74, 6) is 0.000642. The highest BCUT2D eigenvalue weighted by Crippen LogP contribution is 2.22. The van der Waals surface area contributed by atoms with Crippen LogP contribution < -0.4 is 15.8 Å². The molecule has 8 heteroatoms. The molecule has 0 saturated heterocycles. The fourth-order valence-electron chi connectivity index (χ4n) is 1.30. The summed E-state index contributed by atoms with van der Waals surface area (Å²) in [6.45, 7) is 2.12. The van der Waals surface area contributed by atoms with Gasteiger partial charge >= 0.3 is 0 Å². The molecule has 2 rings (SSSR count). The van der Waals surface area contributed by atoms with Crippen molar-refractivity contribution in [3.05, 3.63) is 16.8 Å². The normalized spacial score (nSPS) is 15.3. The van der Waals surface area contributed by atoms with Gasteiger partial charge in [-0.25, -0.2) is 0 Å². The highest BCUT2D eigenvalue weighted by molar-refractivity contribution is 6.32. The summed E-state index contributed by atoms with van der Waals surface area (Å²) in [5.41, 5.74) is 5.84. The van der Waals surface area contributed by atoms with E-state index in [9.17, 15) is 4.79 Å². The molecule has 1 aromatic rings. The average Bonchev–Trinajstić information content (AvgIpc) is 3.11. The van der Waals surface area contributed by atoms with Gasteiger partial charge in [-0.15, -0.1) is 22.6 Å². The summed E-state index contributed by atoms with van der Waals surface area (Å²) in [4.78, 5) is 11.9. The van der Waals surface area contributed by atoms with Gasteiger partial charge in [0.25, 0.3) is 5.91 Å². The number of amides is 1. The van der Waals surface area contributed by atoms with Crippen LogP contribution in [0, 0.1) is 0 Å². The zero-order valence-corrected chi connectivity index (χ0v) is 12.0. The maximum Gasteiger partial charge on any atom is 0.254 e. The summed E-state index contributed by atoms with van der Waals surface area (Å²) in [5, 5.41) is 10.3. The van der Waals surface area contributed by atoms with Crippen molar-refractivity contribution in [1.82, 2.24) is 15.5 Å². The van der Waals surface area contributed by atoms with Crippen molar-refractivity contribution in [3.63, 3.8) is 0 Å². The third kappa shape index (κ3) is 4.81. The third-order valence-corrected chi connectivity index (χ3v) is 2.66. The molecule has 1 aromatic heterocycles. The quantitative estimate of drug-likeness (QED) is 0.852. The summed E-state index contributed by atoms with van der Waals surface area (Å²) in [6, 6.07) is 1.62. The first-order chi connectivity index (χ1) is 8.56. The van der Waals surface area contributed by atoms with Gasteiger partial charge < -0.3 is 15.8 Å². The van der Waals surface area contributed by atoms with Gasteiger partial charge in [0, 0.05) is 18.2 Å². The molecule has 1 fully saturated rings. The highest BCUT2D eigenvalue weighted by atomic mass is 35.5. The van der Waals surface area contributed by atoms with Gasteiger partial charge in [0.1, 0.15) is 6.61 Å². The SMILES string of the molecule is C[C@H](N)COc1cc(C(=O)NC2CC2)c(Cl)nn1.Cl. The number of rotatable bonds is 5. The predicted molar refractivity (Wildman–Crippen MR) is 73.9 cm³/mol. The lowest BCUT2D eigenvalue weighted by Gasteiger charge is -2.09. The van der Waals surface area contributed by atoms with E-state index >= 15 is 0 Å². The Labute approximate surface area is 122 Å². The maximum absolute atomic E-state index is 11.9. The van der Waals surface area contributed by atoms with E-state index in [-0.39, 0.29) is 47.0 Å². The van der Waals surface area contributed by atoms with E-state index in [1.165, 1.54) is 6.07 Å². The van der Waals surface area contributed by atoms with E-state index < -0.39 is 0 Å². The summed E-state index contributed by atoms with van der Waals surface area (Å²) in [7, 11) is 0. The molecule has 3 N–H and O–H groups in total. The predicted octanol–water partition coefficient (Wildman–Crippen LogP) is 1.17. The number of nitrogens with zero attached hydrogens (tertiary/aromatic N) is 2. The lowest BCUT2D eigenvalue weighted by atomic mass is 10.3. The van der Waals surface area contributed by atoms with Crippen LogP contribution in [0.1, 0.15) is 30.1 Å². The molecule has 106 valence electrons. The Bertz CT molecular complexity index is 452. The molecule has 19 heavy (non-hydrogen) atoms. The van der Waals surface area contributed by atoms with Gasteiger partial charge in [0.15, 0.2) is 5.15 Å². The molecule has 0 spiro atoms. The van der Waals surface area contributed by atoms with Crippen molar-refractivity contribution in [1.29, 1.82) is 0 Å². The van der Waals surface area contributed by atoms with Crippen molar-refractivity contribution in [2.45, 2.75) is 31.8 Å². The van der Waals surface area contributed by atoms with Crippen LogP contribution in [0.4, 0.5) is 0 Å². The number of hydrogen-bond acceptors (Lipinski definition) is 5. The van der Waals surface area contributed by atoms with E-state index in [0.29, 0.717) is 6.61 Å². The van der Waals surface area contributed by atoms with Gasteiger partial charge in [-0.2, -0.15) is 0 Å². The van der Waals surface area contributed by atoms with Crippen molar-refractivity contribution in [2.75, 3.05) is 6.61 Å². The molecule has 0 aliphatic heterocycles. The van der Waals surface area contributed by atoms with Crippen molar-refractivity contribution >= 4 is 29.9 Å². The van der Waals surface area contributed by atoms with E-state index in [0.717, 1.165) is 12.8 Å². The molecule has 1 amide bonds. The monoisotopic (exact) mass is 306 g/mol. The van der Waals surface area contributed by atoms with Crippen molar-refractivity contribution in [2.24, 2.45) is 5.73 Å². The highest BCUT2D eigenvalue weighted by Gasteiger charge is 2.25. The molecule has 0 radical (unpaired) electrons. The number of hydrogen-bond donors (Lipinski definition) is 2. The van der Waals surface area contributed by atoms with E-state index in [1.54, 1.807) is 0 Å². The zero-order valence-electron chi connectivity index (χ0n) is 10.4. The summed E-state index contributed by atoms with van der Waals surface area (Å²) < 4.78 is 5.30. The van der Waals surface area contributed by atoms with E-state index in [2.05, 4.69) is 15.5 Å². The summed E-state index contributed by atoms with van der Waals surface area (Å²) in [6.07, 6.45) is 2.02. The molecule has 1 aliphatic rings. The number of ether oxygens (including phenoxy) is 1. The zero-order chi connectivity index (χ0) is 13.1. The van der Waals surface area contributed by atoms with Gasteiger partial charge in [0.05, 0.1) is 5.56 Å². The second-order valence-electron chi connectivity index (χ2n) is 4.42. The van der Waals surface area contributed by atoms with Crippen LogP contribution in [0.3, 0.4) is 0 Å². The molecule has 1 saturated carbocycles. The first kappa shape index (κ1) is 15.9. The number of aromatic nitrogens is 2. The minimum absolute atomic E-state index is 0. The molecular formula is C11H16Cl2N4O2. The Morgan fingerprint density at radius 2 is 2.32 bits per heavy atom. The summed E-state index contributed by atoms with van der Waals surface area (Å²) >= 11 is 5.84. The van der Waals surface area contributed by atoms with Gasteiger partial charge in [0.2, 0.25) is 5.88 Å². The fourth-order valence-corrected chi connectivity index (χ4v) is 1.47. The Morgan fingerprint density at radius 1 is 1.63 bits per heavy atom. The molecule has 1 heterocycles. The van der Waals surface area contributed by atoms with E-state index in [4.69, 9.17) is 22.1 Å². The second-order valence-corrected chi connectivity index (χ2v) is 4.78. The largest absolute Gasteiger partial charge is 0.475 e. The number of carbonyl (C=O) groups is 1. The molecular weight excluding hydrogens is 291 g/mol. The van der Waals surface area contributed by atoms with Crippen LogP contribution in [0.25, 0.3) is 0 Å². The molecule has 1 atom stereocenters. The topological polar surface area (TPSA) is 90.1 Å². The smallest absolute Gasteiger partial charge is 0.254 e. The Hall–Kier alpha value is -1.11. The van der Waals surface area contributed by atoms with E-state index in [1.807, 2.05) is 6.92 Å². The molecule has 1 aliphatic carbocycles. The molecule has 0 aromatic carbocycles. The van der Waals surface area contributed by atoms with Crippen LogP contribution in [-0.4, -0.2) is 34.8 Å².